The molecule has 0 fully saturated rings. The van der Waals surface area contributed by atoms with Gasteiger partial charge in [-0.1, -0.05) is 50.8 Å². The van der Waals surface area contributed by atoms with Crippen molar-refractivity contribution in [1.82, 2.24) is 0 Å². The van der Waals surface area contributed by atoms with Crippen molar-refractivity contribution in [1.29, 1.82) is 0 Å². The zero-order valence-corrected chi connectivity index (χ0v) is 8.59. The highest BCUT2D eigenvalue weighted by atomic mass is 14.1. The fourth-order valence-electron chi connectivity index (χ4n) is 1.54. The van der Waals surface area contributed by atoms with Crippen LogP contribution in [0.2, 0.25) is 0 Å². The minimum Gasteiger partial charge on any atom is -0.0988 e. The standard InChI is InChI=1S/C13H18/c1-4-12(10-11(2)3)13-8-6-5-7-9-13/h4-8,11H,1,9-10H2,2-3H3/b13-12+. The quantitative estimate of drug-likeness (QED) is 0.606. The smallest absolute Gasteiger partial charge is 0.00916 e. The Hall–Kier alpha value is -1.04. The van der Waals surface area contributed by atoms with Gasteiger partial charge in [-0.3, -0.25) is 0 Å². The summed E-state index contributed by atoms with van der Waals surface area (Å²) in [4.78, 5) is 0. The number of hydrogen-bond acceptors (Lipinski definition) is 0. The fraction of sp³-hybridized carbons (Fsp3) is 0.385. The Morgan fingerprint density at radius 3 is 2.77 bits per heavy atom. The molecule has 0 aromatic heterocycles. The molecule has 0 N–H and O–H groups in total. The molecule has 0 aromatic rings. The molecule has 0 radical (unpaired) electrons. The van der Waals surface area contributed by atoms with E-state index >= 15 is 0 Å². The van der Waals surface area contributed by atoms with Crippen LogP contribution in [0.4, 0.5) is 0 Å². The van der Waals surface area contributed by atoms with Crippen LogP contribution in [0.25, 0.3) is 0 Å². The summed E-state index contributed by atoms with van der Waals surface area (Å²) in [5, 5.41) is 0. The summed E-state index contributed by atoms with van der Waals surface area (Å²) >= 11 is 0. The van der Waals surface area contributed by atoms with Gasteiger partial charge >= 0.3 is 0 Å². The van der Waals surface area contributed by atoms with E-state index in [2.05, 4.69) is 44.7 Å². The molecule has 0 heteroatoms. The molecule has 0 bridgehead atoms. The van der Waals surface area contributed by atoms with Gasteiger partial charge in [-0.15, -0.1) is 0 Å². The summed E-state index contributed by atoms with van der Waals surface area (Å²) in [6.45, 7) is 8.36. The first-order chi connectivity index (χ1) is 6.24. The Morgan fingerprint density at radius 2 is 2.31 bits per heavy atom. The van der Waals surface area contributed by atoms with Crippen LogP contribution in [0, 0.1) is 5.92 Å². The molecule has 0 saturated carbocycles. The third-order valence-electron chi connectivity index (χ3n) is 2.17. The number of hydrogen-bond donors (Lipinski definition) is 0. The Labute approximate surface area is 81.4 Å². The fourth-order valence-corrected chi connectivity index (χ4v) is 1.54. The topological polar surface area (TPSA) is 0 Å². The maximum absolute atomic E-state index is 3.87. The van der Waals surface area contributed by atoms with Gasteiger partial charge in [-0.05, 0) is 29.9 Å². The molecule has 13 heavy (non-hydrogen) atoms. The van der Waals surface area contributed by atoms with Gasteiger partial charge < -0.3 is 0 Å². The second kappa shape index (κ2) is 4.86. The van der Waals surface area contributed by atoms with E-state index in [0.717, 1.165) is 12.8 Å². The van der Waals surface area contributed by atoms with E-state index in [1.165, 1.54) is 11.1 Å². The molecule has 1 aliphatic rings. The van der Waals surface area contributed by atoms with Crippen molar-refractivity contribution in [2.45, 2.75) is 26.7 Å². The third-order valence-corrected chi connectivity index (χ3v) is 2.17. The first-order valence-electron chi connectivity index (χ1n) is 4.91. The zero-order valence-electron chi connectivity index (χ0n) is 8.59. The summed E-state index contributed by atoms with van der Waals surface area (Å²) in [7, 11) is 0. The summed E-state index contributed by atoms with van der Waals surface area (Å²) < 4.78 is 0. The molecule has 0 unspecified atom stereocenters. The van der Waals surface area contributed by atoms with Crippen LogP contribution < -0.4 is 0 Å². The molecule has 0 saturated heterocycles. The van der Waals surface area contributed by atoms with Crippen molar-refractivity contribution in [2.75, 3.05) is 0 Å². The van der Waals surface area contributed by atoms with Gasteiger partial charge in [0.05, 0.1) is 0 Å². The lowest BCUT2D eigenvalue weighted by Crippen LogP contribution is -1.94. The SMILES string of the molecule is C=C/C(CC(C)C)=C1/C=CC=CC1. The van der Waals surface area contributed by atoms with Gasteiger partial charge in [-0.25, -0.2) is 0 Å². The molecule has 1 rings (SSSR count). The highest BCUT2D eigenvalue weighted by Gasteiger charge is 2.03. The molecule has 0 amide bonds. The molecule has 0 aliphatic heterocycles. The lowest BCUT2D eigenvalue weighted by Gasteiger charge is -2.11. The van der Waals surface area contributed by atoms with E-state index in [0.29, 0.717) is 5.92 Å². The van der Waals surface area contributed by atoms with Gasteiger partial charge in [-0.2, -0.15) is 0 Å². The van der Waals surface area contributed by atoms with Crippen LogP contribution >= 0.6 is 0 Å². The van der Waals surface area contributed by atoms with E-state index in [-0.39, 0.29) is 0 Å². The van der Waals surface area contributed by atoms with Crippen molar-refractivity contribution < 1.29 is 0 Å². The van der Waals surface area contributed by atoms with Crippen LogP contribution in [0.1, 0.15) is 26.7 Å². The summed E-state index contributed by atoms with van der Waals surface area (Å²) in [5.74, 6) is 0.708. The van der Waals surface area contributed by atoms with E-state index in [4.69, 9.17) is 0 Å². The molecular weight excluding hydrogens is 156 g/mol. The van der Waals surface area contributed by atoms with Crippen LogP contribution in [-0.2, 0) is 0 Å². The van der Waals surface area contributed by atoms with Gasteiger partial charge in [0, 0.05) is 0 Å². The van der Waals surface area contributed by atoms with Gasteiger partial charge in [0.1, 0.15) is 0 Å². The Bertz CT molecular complexity index is 262. The minimum atomic E-state index is 0.708. The molecule has 0 nitrogen and oxygen atoms in total. The highest BCUT2D eigenvalue weighted by Crippen LogP contribution is 2.21. The molecule has 70 valence electrons. The van der Waals surface area contributed by atoms with Crippen molar-refractivity contribution in [3.05, 3.63) is 48.1 Å². The van der Waals surface area contributed by atoms with Gasteiger partial charge in [0.15, 0.2) is 0 Å². The lowest BCUT2D eigenvalue weighted by molar-refractivity contribution is 0.647. The summed E-state index contributed by atoms with van der Waals surface area (Å²) in [6.07, 6.45) is 12.8. The largest absolute Gasteiger partial charge is 0.0988 e. The van der Waals surface area contributed by atoms with Gasteiger partial charge in [0.25, 0.3) is 0 Å². The first kappa shape index (κ1) is 10.0. The van der Waals surface area contributed by atoms with Crippen molar-refractivity contribution in [3.63, 3.8) is 0 Å². The van der Waals surface area contributed by atoms with E-state index < -0.39 is 0 Å². The normalized spacial score (nSPS) is 19.3. The van der Waals surface area contributed by atoms with Gasteiger partial charge in [0.2, 0.25) is 0 Å². The number of rotatable bonds is 3. The summed E-state index contributed by atoms with van der Waals surface area (Å²) in [5.41, 5.74) is 2.82. The Morgan fingerprint density at radius 1 is 1.54 bits per heavy atom. The van der Waals surface area contributed by atoms with Crippen LogP contribution in [0.3, 0.4) is 0 Å². The molecular formula is C13H18. The van der Waals surface area contributed by atoms with E-state index in [9.17, 15) is 0 Å². The van der Waals surface area contributed by atoms with E-state index in [1.54, 1.807) is 0 Å². The van der Waals surface area contributed by atoms with Crippen molar-refractivity contribution >= 4 is 0 Å². The predicted octanol–water partition coefficient (Wildman–Crippen LogP) is 4.03. The molecule has 0 atom stereocenters. The second-order valence-corrected chi connectivity index (χ2v) is 3.84. The van der Waals surface area contributed by atoms with Crippen molar-refractivity contribution in [3.8, 4) is 0 Å². The second-order valence-electron chi connectivity index (χ2n) is 3.84. The van der Waals surface area contributed by atoms with Crippen LogP contribution in [0.5, 0.6) is 0 Å². The Balaban J connectivity index is 2.78. The predicted molar refractivity (Wildman–Crippen MR) is 59.6 cm³/mol. The number of allylic oxidation sites excluding steroid dienone is 7. The monoisotopic (exact) mass is 174 g/mol. The van der Waals surface area contributed by atoms with Crippen LogP contribution in [-0.4, -0.2) is 0 Å². The first-order valence-corrected chi connectivity index (χ1v) is 4.91. The average Bonchev–Trinajstić information content (AvgIpc) is 2.15. The highest BCUT2D eigenvalue weighted by molar-refractivity contribution is 5.38. The zero-order chi connectivity index (χ0) is 9.68. The summed E-state index contributed by atoms with van der Waals surface area (Å²) in [6, 6.07) is 0. The maximum atomic E-state index is 3.87. The third kappa shape index (κ3) is 3.06. The van der Waals surface area contributed by atoms with Crippen LogP contribution in [0.15, 0.2) is 48.1 Å². The molecule has 0 spiro atoms. The molecule has 1 aliphatic carbocycles. The maximum Gasteiger partial charge on any atom is -0.00916 e. The van der Waals surface area contributed by atoms with Crippen molar-refractivity contribution in [2.24, 2.45) is 5.92 Å². The minimum absolute atomic E-state index is 0.708. The molecule has 0 aromatic carbocycles. The lowest BCUT2D eigenvalue weighted by atomic mass is 9.94. The van der Waals surface area contributed by atoms with E-state index in [1.807, 2.05) is 6.08 Å². The average molecular weight is 174 g/mol. The Kier molecular flexibility index (Phi) is 3.75. The molecule has 0 heterocycles.